The number of anilines is 1. The van der Waals surface area contributed by atoms with E-state index in [1.807, 2.05) is 18.7 Å². The minimum Gasteiger partial charge on any atom is -0.385 e. The summed E-state index contributed by atoms with van der Waals surface area (Å²) in [4.78, 5) is 6.50. The first-order valence-corrected chi connectivity index (χ1v) is 7.68. The molecule has 1 aromatic carbocycles. The van der Waals surface area contributed by atoms with E-state index in [0.717, 1.165) is 24.2 Å². The summed E-state index contributed by atoms with van der Waals surface area (Å²) in [6, 6.07) is 5.39. The number of hydrogen-bond acceptors (Lipinski definition) is 4. The van der Waals surface area contributed by atoms with E-state index >= 15 is 0 Å². The smallest absolute Gasteiger partial charge is 0.385 e. The standard InChI is InChI=1S/C16H20F3N3O/c1-9(2)22(8-11-7-13-14(23-13)15(20)21-11)12-5-3-10(4-6-12)16(17,18)19/h3-6,9,11,13-14H,7-8H2,1-2H3,(H2,20,21)/t11-,13?,14?/m1/s1. The molecule has 23 heavy (non-hydrogen) atoms. The topological polar surface area (TPSA) is 54.1 Å². The van der Waals surface area contributed by atoms with Gasteiger partial charge in [0, 0.05) is 24.7 Å². The van der Waals surface area contributed by atoms with E-state index in [2.05, 4.69) is 4.99 Å². The number of fused-ring (bicyclic) bond motifs is 1. The van der Waals surface area contributed by atoms with Crippen LogP contribution in [0.1, 0.15) is 25.8 Å². The molecule has 1 aromatic rings. The van der Waals surface area contributed by atoms with Crippen LogP contribution >= 0.6 is 0 Å². The first kappa shape index (κ1) is 16.1. The van der Waals surface area contributed by atoms with Gasteiger partial charge in [0.2, 0.25) is 0 Å². The highest BCUT2D eigenvalue weighted by Gasteiger charge is 2.46. The van der Waals surface area contributed by atoms with Crippen molar-refractivity contribution >= 4 is 11.5 Å². The average Bonchev–Trinajstić information content (AvgIpc) is 3.24. The van der Waals surface area contributed by atoms with Gasteiger partial charge in [0.1, 0.15) is 11.9 Å². The Hall–Kier alpha value is -1.76. The molecule has 2 heterocycles. The van der Waals surface area contributed by atoms with Gasteiger partial charge in [-0.15, -0.1) is 0 Å². The summed E-state index contributed by atoms with van der Waals surface area (Å²) in [5.74, 6) is 0.530. The second-order valence-corrected chi connectivity index (χ2v) is 6.33. The number of ether oxygens (including phenoxy) is 1. The van der Waals surface area contributed by atoms with Crippen LogP contribution in [0.25, 0.3) is 0 Å². The minimum absolute atomic E-state index is 0.00319. The molecule has 0 radical (unpaired) electrons. The molecule has 4 nitrogen and oxygen atoms in total. The Labute approximate surface area is 133 Å². The van der Waals surface area contributed by atoms with Crippen LogP contribution in [0, 0.1) is 0 Å². The van der Waals surface area contributed by atoms with Crippen LogP contribution in [0.15, 0.2) is 29.3 Å². The third-order valence-corrected chi connectivity index (χ3v) is 4.27. The molecule has 3 atom stereocenters. The van der Waals surface area contributed by atoms with Gasteiger partial charge in [-0.2, -0.15) is 13.2 Å². The third kappa shape index (κ3) is 3.44. The van der Waals surface area contributed by atoms with Gasteiger partial charge in [-0.05, 0) is 38.1 Å². The lowest BCUT2D eigenvalue weighted by atomic mass is 10.0. The molecule has 3 rings (SSSR count). The number of benzene rings is 1. The zero-order chi connectivity index (χ0) is 16.8. The SMILES string of the molecule is CC(C)N(C[C@H]1CC2OC2C(N)=N1)c1ccc(C(F)(F)F)cc1. The molecule has 0 bridgehead atoms. The Morgan fingerprint density at radius 2 is 1.96 bits per heavy atom. The minimum atomic E-state index is -4.32. The summed E-state index contributed by atoms with van der Waals surface area (Å²) in [7, 11) is 0. The highest BCUT2D eigenvalue weighted by molar-refractivity contribution is 5.88. The number of amidine groups is 1. The number of alkyl halides is 3. The lowest BCUT2D eigenvalue weighted by molar-refractivity contribution is -0.137. The van der Waals surface area contributed by atoms with E-state index in [-0.39, 0.29) is 24.3 Å². The molecule has 2 unspecified atom stereocenters. The first-order valence-electron chi connectivity index (χ1n) is 7.68. The number of aliphatic imine (C=N–C) groups is 1. The van der Waals surface area contributed by atoms with Crippen LogP contribution in [-0.2, 0) is 10.9 Å². The van der Waals surface area contributed by atoms with Gasteiger partial charge in [-0.25, -0.2) is 0 Å². The van der Waals surface area contributed by atoms with Crippen LogP contribution in [0.2, 0.25) is 0 Å². The summed E-state index contributed by atoms with van der Waals surface area (Å²) in [5, 5.41) is 0. The maximum absolute atomic E-state index is 12.7. The highest BCUT2D eigenvalue weighted by atomic mass is 19.4. The van der Waals surface area contributed by atoms with Crippen molar-refractivity contribution in [2.24, 2.45) is 10.7 Å². The van der Waals surface area contributed by atoms with Crippen LogP contribution < -0.4 is 10.6 Å². The second kappa shape index (κ2) is 5.70. The van der Waals surface area contributed by atoms with Gasteiger partial charge >= 0.3 is 6.18 Å². The van der Waals surface area contributed by atoms with E-state index in [9.17, 15) is 13.2 Å². The van der Waals surface area contributed by atoms with Crippen molar-refractivity contribution in [3.05, 3.63) is 29.8 Å². The predicted octanol–water partition coefficient (Wildman–Crippen LogP) is 2.82. The van der Waals surface area contributed by atoms with Gasteiger partial charge in [-0.1, -0.05) is 0 Å². The van der Waals surface area contributed by atoms with E-state index in [4.69, 9.17) is 10.5 Å². The lowest BCUT2D eigenvalue weighted by Gasteiger charge is -2.32. The Bertz CT molecular complexity index is 598. The molecule has 1 fully saturated rings. The van der Waals surface area contributed by atoms with E-state index in [1.54, 1.807) is 0 Å². The first-order chi connectivity index (χ1) is 10.8. The van der Waals surface area contributed by atoms with Crippen molar-refractivity contribution in [1.82, 2.24) is 0 Å². The summed E-state index contributed by atoms with van der Waals surface area (Å²) in [5.41, 5.74) is 5.96. The molecular formula is C16H20F3N3O. The quantitative estimate of drug-likeness (QED) is 0.865. The number of epoxide rings is 1. The van der Waals surface area contributed by atoms with Crippen LogP contribution in [0.4, 0.5) is 18.9 Å². The Morgan fingerprint density at radius 1 is 1.30 bits per heavy atom. The van der Waals surface area contributed by atoms with E-state index in [0.29, 0.717) is 12.4 Å². The van der Waals surface area contributed by atoms with Gasteiger partial charge in [0.15, 0.2) is 0 Å². The Balaban J connectivity index is 1.75. The normalized spacial score (nSPS) is 26.7. The fourth-order valence-corrected chi connectivity index (χ4v) is 2.99. The van der Waals surface area contributed by atoms with Crippen molar-refractivity contribution in [2.75, 3.05) is 11.4 Å². The molecule has 2 aliphatic heterocycles. The van der Waals surface area contributed by atoms with Crippen molar-refractivity contribution in [2.45, 2.75) is 50.7 Å². The fourth-order valence-electron chi connectivity index (χ4n) is 2.99. The highest BCUT2D eigenvalue weighted by Crippen LogP contribution is 2.34. The van der Waals surface area contributed by atoms with Crippen molar-refractivity contribution < 1.29 is 17.9 Å². The van der Waals surface area contributed by atoms with Gasteiger partial charge < -0.3 is 15.4 Å². The van der Waals surface area contributed by atoms with Crippen molar-refractivity contribution in [1.29, 1.82) is 0 Å². The Kier molecular flexibility index (Phi) is 4.00. The maximum atomic E-state index is 12.7. The number of hydrogen-bond donors (Lipinski definition) is 1. The zero-order valence-corrected chi connectivity index (χ0v) is 13.0. The maximum Gasteiger partial charge on any atom is 0.416 e. The van der Waals surface area contributed by atoms with Crippen molar-refractivity contribution in [3.8, 4) is 0 Å². The molecular weight excluding hydrogens is 307 g/mol. The molecule has 2 N–H and O–H groups in total. The van der Waals surface area contributed by atoms with Crippen LogP contribution in [0.5, 0.6) is 0 Å². The third-order valence-electron chi connectivity index (χ3n) is 4.27. The molecule has 2 aliphatic rings. The van der Waals surface area contributed by atoms with Crippen molar-refractivity contribution in [3.63, 3.8) is 0 Å². The lowest BCUT2D eigenvalue weighted by Crippen LogP contribution is -2.40. The number of halogens is 3. The largest absolute Gasteiger partial charge is 0.416 e. The van der Waals surface area contributed by atoms with Gasteiger partial charge in [-0.3, -0.25) is 4.99 Å². The molecule has 0 aliphatic carbocycles. The molecule has 7 heteroatoms. The fraction of sp³-hybridized carbons (Fsp3) is 0.562. The van der Waals surface area contributed by atoms with Crippen LogP contribution in [0.3, 0.4) is 0 Å². The van der Waals surface area contributed by atoms with E-state index < -0.39 is 11.7 Å². The van der Waals surface area contributed by atoms with E-state index in [1.165, 1.54) is 12.1 Å². The summed E-state index contributed by atoms with van der Waals surface area (Å²) in [6.45, 7) is 4.62. The number of nitrogens with zero attached hydrogens (tertiary/aromatic N) is 2. The van der Waals surface area contributed by atoms with Crippen LogP contribution in [-0.4, -0.2) is 36.7 Å². The molecule has 1 saturated heterocycles. The molecule has 0 spiro atoms. The second-order valence-electron chi connectivity index (χ2n) is 6.33. The summed E-state index contributed by atoms with van der Waals surface area (Å²) < 4.78 is 43.5. The average molecular weight is 327 g/mol. The number of nitrogens with two attached hydrogens (primary N) is 1. The molecule has 0 aromatic heterocycles. The Morgan fingerprint density at radius 3 is 2.48 bits per heavy atom. The summed E-state index contributed by atoms with van der Waals surface area (Å²) >= 11 is 0. The predicted molar refractivity (Wildman–Crippen MR) is 82.6 cm³/mol. The monoisotopic (exact) mass is 327 g/mol. The van der Waals surface area contributed by atoms with Gasteiger partial charge in [0.25, 0.3) is 0 Å². The number of rotatable bonds is 4. The van der Waals surface area contributed by atoms with Gasteiger partial charge in [0.05, 0.1) is 17.7 Å². The molecule has 126 valence electrons. The molecule has 0 saturated carbocycles. The molecule has 0 amide bonds. The summed E-state index contributed by atoms with van der Waals surface area (Å²) in [6.07, 6.45) is -3.39. The zero-order valence-electron chi connectivity index (χ0n) is 13.0.